The molecule has 0 radical (unpaired) electrons. The van der Waals surface area contributed by atoms with Crippen LogP contribution in [0.1, 0.15) is 5.56 Å². The number of phenolic OH excluding ortho intramolecular Hbond substituents is 1. The van der Waals surface area contributed by atoms with Crippen molar-refractivity contribution in [1.29, 1.82) is 0 Å². The highest BCUT2D eigenvalue weighted by Crippen LogP contribution is 2.20. The van der Waals surface area contributed by atoms with Crippen molar-refractivity contribution in [2.75, 3.05) is 18.1 Å². The van der Waals surface area contributed by atoms with Crippen molar-refractivity contribution in [1.82, 2.24) is 0 Å². The van der Waals surface area contributed by atoms with Crippen molar-refractivity contribution in [3.05, 3.63) is 54.1 Å². The van der Waals surface area contributed by atoms with E-state index in [-0.39, 0.29) is 5.75 Å². The van der Waals surface area contributed by atoms with E-state index in [4.69, 9.17) is 0 Å². The third kappa shape index (κ3) is 3.74. The molecule has 0 aliphatic rings. The summed E-state index contributed by atoms with van der Waals surface area (Å²) in [6, 6.07) is 13.8. The van der Waals surface area contributed by atoms with E-state index in [1.807, 2.05) is 12.1 Å². The van der Waals surface area contributed by atoms with Crippen LogP contribution in [0, 0.1) is 0 Å². The molecule has 5 heteroatoms. The molecule has 0 saturated carbocycles. The van der Waals surface area contributed by atoms with Gasteiger partial charge in [0.25, 0.3) is 0 Å². The van der Waals surface area contributed by atoms with Crippen LogP contribution < -0.4 is 5.32 Å². The number of para-hydroxylation sites is 1. The first-order valence-electron chi connectivity index (χ1n) is 6.28. The molecule has 0 heterocycles. The lowest BCUT2D eigenvalue weighted by Gasteiger charge is -2.10. The second-order valence-corrected chi connectivity index (χ2v) is 6.60. The van der Waals surface area contributed by atoms with Crippen molar-refractivity contribution in [3.63, 3.8) is 0 Å². The Morgan fingerprint density at radius 3 is 2.35 bits per heavy atom. The van der Waals surface area contributed by atoms with Crippen LogP contribution in [-0.4, -0.2) is 26.3 Å². The molecule has 2 aromatic carbocycles. The molecule has 0 aromatic heterocycles. The molecule has 0 bridgehead atoms. The Morgan fingerprint density at radius 1 is 1.05 bits per heavy atom. The summed E-state index contributed by atoms with van der Waals surface area (Å²) >= 11 is 0. The van der Waals surface area contributed by atoms with Crippen LogP contribution in [0.15, 0.2) is 53.4 Å². The predicted molar refractivity (Wildman–Crippen MR) is 79.9 cm³/mol. The first-order chi connectivity index (χ1) is 9.47. The molecular formula is C15H17NO3S. The second-order valence-electron chi connectivity index (χ2n) is 4.61. The monoisotopic (exact) mass is 291 g/mol. The maximum absolute atomic E-state index is 11.7. The van der Waals surface area contributed by atoms with Gasteiger partial charge < -0.3 is 10.4 Å². The van der Waals surface area contributed by atoms with Crippen LogP contribution in [0.2, 0.25) is 0 Å². The molecule has 0 aliphatic carbocycles. The average Bonchev–Trinajstić information content (AvgIpc) is 2.40. The molecule has 0 amide bonds. The van der Waals surface area contributed by atoms with Crippen molar-refractivity contribution in [2.24, 2.45) is 0 Å². The Bertz CT molecular complexity index is 679. The molecule has 0 aliphatic heterocycles. The molecule has 20 heavy (non-hydrogen) atoms. The van der Waals surface area contributed by atoms with E-state index in [9.17, 15) is 13.5 Å². The van der Waals surface area contributed by atoms with E-state index in [0.717, 1.165) is 12.0 Å². The Balaban J connectivity index is 2.03. The minimum Gasteiger partial charge on any atom is -0.508 e. The van der Waals surface area contributed by atoms with Gasteiger partial charge in [-0.25, -0.2) is 8.42 Å². The van der Waals surface area contributed by atoms with E-state index >= 15 is 0 Å². The number of aromatic hydroxyl groups is 1. The molecule has 0 spiro atoms. The maximum Gasteiger partial charge on any atom is 0.177 e. The summed E-state index contributed by atoms with van der Waals surface area (Å²) in [7, 11) is -3.23. The molecule has 0 fully saturated rings. The number of anilines is 1. The maximum atomic E-state index is 11.7. The second kappa shape index (κ2) is 5.96. The number of phenols is 1. The lowest BCUT2D eigenvalue weighted by Crippen LogP contribution is -2.09. The number of benzene rings is 2. The summed E-state index contributed by atoms with van der Waals surface area (Å²) in [6.45, 7) is 0.622. The van der Waals surface area contributed by atoms with Gasteiger partial charge in [-0.15, -0.1) is 0 Å². The summed E-state index contributed by atoms with van der Waals surface area (Å²) in [5.74, 6) is 0.240. The zero-order chi connectivity index (χ0) is 14.6. The first kappa shape index (κ1) is 14.4. The van der Waals surface area contributed by atoms with E-state index in [1.54, 1.807) is 36.4 Å². The zero-order valence-electron chi connectivity index (χ0n) is 11.2. The van der Waals surface area contributed by atoms with Crippen LogP contribution in [0.4, 0.5) is 5.69 Å². The minimum absolute atomic E-state index is 0.240. The van der Waals surface area contributed by atoms with Gasteiger partial charge in [-0.3, -0.25) is 0 Å². The Labute approximate surface area is 119 Å². The fourth-order valence-electron chi connectivity index (χ4n) is 1.94. The number of hydrogen-bond donors (Lipinski definition) is 2. The van der Waals surface area contributed by atoms with Crippen LogP contribution >= 0.6 is 0 Å². The van der Waals surface area contributed by atoms with Gasteiger partial charge in [0.15, 0.2) is 9.84 Å². The van der Waals surface area contributed by atoms with Gasteiger partial charge in [0, 0.05) is 12.8 Å². The SMILES string of the molecule is CS(=O)(=O)c1ccccc1NCCc1ccc(O)cc1. The molecule has 106 valence electrons. The molecule has 2 rings (SSSR count). The van der Waals surface area contributed by atoms with Crippen molar-refractivity contribution in [3.8, 4) is 5.75 Å². The largest absolute Gasteiger partial charge is 0.508 e. The van der Waals surface area contributed by atoms with Gasteiger partial charge in [0.1, 0.15) is 5.75 Å². The number of nitrogens with one attached hydrogen (secondary N) is 1. The third-order valence-corrected chi connectivity index (χ3v) is 4.11. The van der Waals surface area contributed by atoms with Crippen LogP contribution in [0.5, 0.6) is 5.75 Å². The Hall–Kier alpha value is -2.01. The van der Waals surface area contributed by atoms with E-state index in [1.165, 1.54) is 6.26 Å². The topological polar surface area (TPSA) is 66.4 Å². The van der Waals surface area contributed by atoms with Crippen LogP contribution in [0.3, 0.4) is 0 Å². The van der Waals surface area contributed by atoms with E-state index in [2.05, 4.69) is 5.32 Å². The highest BCUT2D eigenvalue weighted by atomic mass is 32.2. The van der Waals surface area contributed by atoms with E-state index < -0.39 is 9.84 Å². The van der Waals surface area contributed by atoms with Crippen molar-refractivity contribution in [2.45, 2.75) is 11.3 Å². The molecule has 2 aromatic rings. The van der Waals surface area contributed by atoms with Gasteiger partial charge >= 0.3 is 0 Å². The highest BCUT2D eigenvalue weighted by molar-refractivity contribution is 7.90. The lowest BCUT2D eigenvalue weighted by atomic mass is 10.1. The van der Waals surface area contributed by atoms with Gasteiger partial charge in [-0.05, 0) is 36.2 Å². The van der Waals surface area contributed by atoms with Gasteiger partial charge in [-0.2, -0.15) is 0 Å². The summed E-state index contributed by atoms with van der Waals surface area (Å²) in [5, 5.41) is 12.3. The highest BCUT2D eigenvalue weighted by Gasteiger charge is 2.11. The van der Waals surface area contributed by atoms with Gasteiger partial charge in [0.05, 0.1) is 10.6 Å². The van der Waals surface area contributed by atoms with Crippen molar-refractivity contribution < 1.29 is 13.5 Å². The Morgan fingerprint density at radius 2 is 1.70 bits per heavy atom. The third-order valence-electron chi connectivity index (χ3n) is 2.95. The van der Waals surface area contributed by atoms with Crippen LogP contribution in [-0.2, 0) is 16.3 Å². The fourth-order valence-corrected chi connectivity index (χ4v) is 2.81. The zero-order valence-corrected chi connectivity index (χ0v) is 12.0. The average molecular weight is 291 g/mol. The summed E-state index contributed by atoms with van der Waals surface area (Å²) in [4.78, 5) is 0.311. The van der Waals surface area contributed by atoms with Gasteiger partial charge in [-0.1, -0.05) is 24.3 Å². The summed E-state index contributed by atoms with van der Waals surface area (Å²) in [6.07, 6.45) is 1.95. The molecule has 2 N–H and O–H groups in total. The van der Waals surface area contributed by atoms with Crippen LogP contribution in [0.25, 0.3) is 0 Å². The number of sulfone groups is 1. The summed E-state index contributed by atoms with van der Waals surface area (Å²) < 4.78 is 23.3. The molecular weight excluding hydrogens is 274 g/mol. The number of hydrogen-bond acceptors (Lipinski definition) is 4. The number of rotatable bonds is 5. The quantitative estimate of drug-likeness (QED) is 0.888. The molecule has 0 unspecified atom stereocenters. The summed E-state index contributed by atoms with van der Waals surface area (Å²) in [5.41, 5.74) is 1.70. The lowest BCUT2D eigenvalue weighted by molar-refractivity contribution is 0.475. The predicted octanol–water partition coefficient (Wildman–Crippen LogP) is 2.45. The normalized spacial score (nSPS) is 11.2. The smallest absolute Gasteiger partial charge is 0.177 e. The van der Waals surface area contributed by atoms with E-state index in [0.29, 0.717) is 17.1 Å². The first-order valence-corrected chi connectivity index (χ1v) is 8.17. The molecule has 0 saturated heterocycles. The molecule has 0 atom stereocenters. The fraction of sp³-hybridized carbons (Fsp3) is 0.200. The Kier molecular flexibility index (Phi) is 4.29. The van der Waals surface area contributed by atoms with Gasteiger partial charge in [0.2, 0.25) is 0 Å². The molecule has 4 nitrogen and oxygen atoms in total. The minimum atomic E-state index is -3.23. The standard InChI is InChI=1S/C15H17NO3S/c1-20(18,19)15-5-3-2-4-14(15)16-11-10-12-6-8-13(17)9-7-12/h2-9,16-17H,10-11H2,1H3. The van der Waals surface area contributed by atoms with Crippen molar-refractivity contribution >= 4 is 15.5 Å².